The minimum Gasteiger partial charge on any atom is -0.309 e. The Morgan fingerprint density at radius 3 is 2.39 bits per heavy atom. The summed E-state index contributed by atoms with van der Waals surface area (Å²) in [5.74, 6) is 0. The van der Waals surface area contributed by atoms with Crippen LogP contribution in [0.2, 0.25) is 0 Å². The van der Waals surface area contributed by atoms with E-state index in [0.29, 0.717) is 6.04 Å². The quantitative estimate of drug-likeness (QED) is 0.671. The molecule has 1 atom stereocenters. The average molecular weight is 252 g/mol. The van der Waals surface area contributed by atoms with Gasteiger partial charge in [-0.05, 0) is 66.8 Å². The Balaban J connectivity index is 2.18. The summed E-state index contributed by atoms with van der Waals surface area (Å²) in [7, 11) is 6.35. The van der Waals surface area contributed by atoms with E-state index in [1.807, 2.05) is 6.92 Å². The molecule has 1 rings (SSSR count). The summed E-state index contributed by atoms with van der Waals surface area (Å²) in [6.07, 6.45) is 4.55. The monoisotopic (exact) mass is 252 g/mol. The van der Waals surface area contributed by atoms with E-state index in [1.165, 1.54) is 19.3 Å². The molecule has 0 aromatic heterocycles. The van der Waals surface area contributed by atoms with Gasteiger partial charge in [0.1, 0.15) is 5.54 Å². The predicted octanol–water partition coefficient (Wildman–Crippen LogP) is 1.29. The summed E-state index contributed by atoms with van der Waals surface area (Å²) < 4.78 is 0. The van der Waals surface area contributed by atoms with Gasteiger partial charge in [-0.3, -0.25) is 5.32 Å². The molecule has 0 radical (unpaired) electrons. The molecule has 1 fully saturated rings. The van der Waals surface area contributed by atoms with Crippen LogP contribution in [0.1, 0.15) is 32.6 Å². The van der Waals surface area contributed by atoms with Crippen molar-refractivity contribution in [3.63, 3.8) is 0 Å². The Labute approximate surface area is 112 Å². The molecule has 1 N–H and O–H groups in total. The Bertz CT molecular complexity index is 280. The Kier molecular flexibility index (Phi) is 6.07. The van der Waals surface area contributed by atoms with Gasteiger partial charge in [0.05, 0.1) is 6.07 Å². The Hall–Kier alpha value is -0.630. The number of nitriles is 1. The van der Waals surface area contributed by atoms with Gasteiger partial charge in [-0.2, -0.15) is 5.26 Å². The maximum Gasteiger partial charge on any atom is 0.105 e. The van der Waals surface area contributed by atoms with Crippen molar-refractivity contribution in [3.8, 4) is 6.07 Å². The third-order valence-corrected chi connectivity index (χ3v) is 3.49. The first kappa shape index (κ1) is 15.4. The maximum absolute atomic E-state index is 9.29. The smallest absolute Gasteiger partial charge is 0.105 e. The molecule has 1 aliphatic rings. The zero-order valence-corrected chi connectivity index (χ0v) is 12.4. The van der Waals surface area contributed by atoms with Gasteiger partial charge in [0.2, 0.25) is 0 Å². The van der Waals surface area contributed by atoms with Crippen molar-refractivity contribution >= 4 is 0 Å². The molecule has 0 saturated heterocycles. The molecule has 4 heteroatoms. The first-order chi connectivity index (χ1) is 8.45. The van der Waals surface area contributed by atoms with Crippen LogP contribution in [0.25, 0.3) is 0 Å². The number of nitrogens with one attached hydrogen (secondary N) is 1. The van der Waals surface area contributed by atoms with Crippen molar-refractivity contribution in [2.75, 3.05) is 40.8 Å². The van der Waals surface area contributed by atoms with Crippen LogP contribution in [0.3, 0.4) is 0 Å². The van der Waals surface area contributed by atoms with Gasteiger partial charge in [0, 0.05) is 12.6 Å². The Morgan fingerprint density at radius 1 is 1.22 bits per heavy atom. The average Bonchev–Trinajstić information content (AvgIpc) is 3.10. The molecule has 1 saturated carbocycles. The lowest BCUT2D eigenvalue weighted by Crippen LogP contribution is -2.44. The summed E-state index contributed by atoms with van der Waals surface area (Å²) >= 11 is 0. The second-order valence-corrected chi connectivity index (χ2v) is 6.07. The number of hydrogen-bond donors (Lipinski definition) is 1. The Morgan fingerprint density at radius 2 is 1.89 bits per heavy atom. The number of rotatable bonds is 9. The molecule has 0 heterocycles. The highest BCUT2D eigenvalue weighted by molar-refractivity contribution is 5.07. The second kappa shape index (κ2) is 7.08. The molecule has 4 nitrogen and oxygen atoms in total. The SMILES string of the molecule is CN(C)CCCN(C)CCC(C)(C#N)NC1CC1. The van der Waals surface area contributed by atoms with E-state index in [4.69, 9.17) is 0 Å². The van der Waals surface area contributed by atoms with Gasteiger partial charge in [-0.15, -0.1) is 0 Å². The molecule has 1 unspecified atom stereocenters. The topological polar surface area (TPSA) is 42.3 Å². The largest absolute Gasteiger partial charge is 0.309 e. The van der Waals surface area contributed by atoms with Gasteiger partial charge in [0.15, 0.2) is 0 Å². The first-order valence-corrected chi connectivity index (χ1v) is 6.97. The fraction of sp³-hybridized carbons (Fsp3) is 0.929. The van der Waals surface area contributed by atoms with Crippen molar-refractivity contribution in [1.82, 2.24) is 15.1 Å². The van der Waals surface area contributed by atoms with Crippen LogP contribution in [0.4, 0.5) is 0 Å². The molecule has 18 heavy (non-hydrogen) atoms. The second-order valence-electron chi connectivity index (χ2n) is 6.07. The van der Waals surface area contributed by atoms with E-state index in [0.717, 1.165) is 26.1 Å². The summed E-state index contributed by atoms with van der Waals surface area (Å²) in [5, 5.41) is 12.7. The van der Waals surface area contributed by atoms with Crippen LogP contribution >= 0.6 is 0 Å². The lowest BCUT2D eigenvalue weighted by Gasteiger charge is -2.26. The van der Waals surface area contributed by atoms with Crippen LogP contribution < -0.4 is 5.32 Å². The highest BCUT2D eigenvalue weighted by atomic mass is 15.1. The maximum atomic E-state index is 9.29. The van der Waals surface area contributed by atoms with Gasteiger partial charge >= 0.3 is 0 Å². The molecule has 0 bridgehead atoms. The van der Waals surface area contributed by atoms with Crippen molar-refractivity contribution in [3.05, 3.63) is 0 Å². The zero-order chi connectivity index (χ0) is 13.6. The van der Waals surface area contributed by atoms with Crippen molar-refractivity contribution < 1.29 is 0 Å². The minimum absolute atomic E-state index is 0.350. The fourth-order valence-corrected chi connectivity index (χ4v) is 2.02. The summed E-state index contributed by atoms with van der Waals surface area (Å²) in [6.45, 7) is 5.24. The van der Waals surface area contributed by atoms with Gasteiger partial charge in [-0.25, -0.2) is 0 Å². The van der Waals surface area contributed by atoms with Crippen LogP contribution in [0.15, 0.2) is 0 Å². The fourth-order valence-electron chi connectivity index (χ4n) is 2.02. The first-order valence-electron chi connectivity index (χ1n) is 6.97. The van der Waals surface area contributed by atoms with E-state index in [9.17, 15) is 5.26 Å². The molecule has 0 spiro atoms. The molecular weight excluding hydrogens is 224 g/mol. The molecule has 0 aromatic carbocycles. The molecular formula is C14H28N4. The molecule has 104 valence electrons. The van der Waals surface area contributed by atoms with Crippen LogP contribution in [-0.4, -0.2) is 62.2 Å². The highest BCUT2D eigenvalue weighted by Gasteiger charge is 2.32. The van der Waals surface area contributed by atoms with E-state index >= 15 is 0 Å². The van der Waals surface area contributed by atoms with E-state index < -0.39 is 0 Å². The van der Waals surface area contributed by atoms with Gasteiger partial charge in [-0.1, -0.05) is 0 Å². The standard InChI is InChI=1S/C14H28N4/c1-14(12-15,16-13-6-7-13)8-11-18(4)10-5-9-17(2)3/h13,16H,5-11H2,1-4H3. The van der Waals surface area contributed by atoms with Crippen LogP contribution in [0.5, 0.6) is 0 Å². The lowest BCUT2D eigenvalue weighted by molar-refractivity contribution is 0.270. The van der Waals surface area contributed by atoms with Crippen LogP contribution in [0, 0.1) is 11.3 Å². The third-order valence-electron chi connectivity index (χ3n) is 3.49. The number of nitrogens with zero attached hydrogens (tertiary/aromatic N) is 3. The summed E-state index contributed by atoms with van der Waals surface area (Å²) in [6, 6.07) is 3.02. The minimum atomic E-state index is -0.350. The predicted molar refractivity (Wildman–Crippen MR) is 75.5 cm³/mol. The van der Waals surface area contributed by atoms with Crippen molar-refractivity contribution in [2.24, 2.45) is 0 Å². The van der Waals surface area contributed by atoms with Crippen molar-refractivity contribution in [2.45, 2.75) is 44.2 Å². The summed E-state index contributed by atoms with van der Waals surface area (Å²) in [4.78, 5) is 4.54. The molecule has 1 aliphatic carbocycles. The molecule has 0 amide bonds. The highest BCUT2D eigenvalue weighted by Crippen LogP contribution is 2.23. The van der Waals surface area contributed by atoms with E-state index in [2.05, 4.69) is 42.3 Å². The summed E-state index contributed by atoms with van der Waals surface area (Å²) in [5.41, 5.74) is -0.350. The van der Waals surface area contributed by atoms with Gasteiger partial charge < -0.3 is 9.80 Å². The van der Waals surface area contributed by atoms with Gasteiger partial charge in [0.25, 0.3) is 0 Å². The zero-order valence-electron chi connectivity index (χ0n) is 12.4. The molecule has 0 aliphatic heterocycles. The lowest BCUT2D eigenvalue weighted by atomic mass is 9.99. The van der Waals surface area contributed by atoms with E-state index in [1.54, 1.807) is 0 Å². The third kappa shape index (κ3) is 6.34. The van der Waals surface area contributed by atoms with Crippen molar-refractivity contribution in [1.29, 1.82) is 5.26 Å². The van der Waals surface area contributed by atoms with E-state index in [-0.39, 0.29) is 5.54 Å². The van der Waals surface area contributed by atoms with Crippen LogP contribution in [-0.2, 0) is 0 Å². The normalized spacial score (nSPS) is 18.9. The molecule has 0 aromatic rings. The number of hydrogen-bond acceptors (Lipinski definition) is 4.